The number of carbonyl (C=O) groups excluding carboxylic acids is 2. The van der Waals surface area contributed by atoms with Crippen LogP contribution in [-0.4, -0.2) is 40.1 Å². The van der Waals surface area contributed by atoms with E-state index in [-0.39, 0.29) is 11.8 Å². The molecule has 7 nitrogen and oxygen atoms in total. The molecule has 1 aromatic carbocycles. The highest BCUT2D eigenvalue weighted by Crippen LogP contribution is 2.17. The number of carboxylic acids is 1. The molecule has 1 unspecified atom stereocenters. The summed E-state index contributed by atoms with van der Waals surface area (Å²) in [6.07, 6.45) is 0.409. The van der Waals surface area contributed by atoms with Crippen LogP contribution in [0.5, 0.6) is 0 Å². The number of carboxylic acid groups (broad SMARTS) is 1. The number of rotatable bonds is 7. The minimum atomic E-state index is -2.03. The highest BCUT2D eigenvalue weighted by Gasteiger charge is 2.30. The van der Waals surface area contributed by atoms with Crippen molar-refractivity contribution in [1.29, 1.82) is 0 Å². The zero-order valence-electron chi connectivity index (χ0n) is 14.3. The number of hydrogen-bond acceptors (Lipinski definition) is 4. The lowest BCUT2D eigenvalue weighted by Crippen LogP contribution is -2.46. The van der Waals surface area contributed by atoms with E-state index in [1.54, 1.807) is 19.1 Å². The number of anilines is 1. The Balaban J connectivity index is 2.75. The van der Waals surface area contributed by atoms with Gasteiger partial charge in [0.15, 0.2) is 5.60 Å². The monoisotopic (exact) mass is 336 g/mol. The average Bonchev–Trinajstić information content (AvgIpc) is 2.46. The first-order valence-electron chi connectivity index (χ1n) is 7.67. The fraction of sp³-hybridized carbons (Fsp3) is 0.471. The maximum Gasteiger partial charge on any atom is 0.337 e. The zero-order chi connectivity index (χ0) is 18.5. The Kier molecular flexibility index (Phi) is 6.48. The lowest BCUT2D eigenvalue weighted by atomic mass is 10.1. The summed E-state index contributed by atoms with van der Waals surface area (Å²) >= 11 is 0. The summed E-state index contributed by atoms with van der Waals surface area (Å²) in [6, 6.07) is 4.75. The minimum Gasteiger partial charge on any atom is -0.479 e. The second-order valence-corrected chi connectivity index (χ2v) is 6.44. The van der Waals surface area contributed by atoms with Gasteiger partial charge in [-0.3, -0.25) is 9.59 Å². The quantitative estimate of drug-likeness (QED) is 0.603. The summed E-state index contributed by atoms with van der Waals surface area (Å²) in [4.78, 5) is 34.6. The van der Waals surface area contributed by atoms with Crippen LogP contribution in [0.1, 0.15) is 43.1 Å². The van der Waals surface area contributed by atoms with Gasteiger partial charge in [0.2, 0.25) is 5.91 Å². The number of aryl methyl sites for hydroxylation is 1. The third-order valence-electron chi connectivity index (χ3n) is 3.41. The molecule has 0 aliphatic rings. The first-order valence-corrected chi connectivity index (χ1v) is 7.67. The number of hydrogen-bond donors (Lipinski definition) is 4. The third kappa shape index (κ3) is 5.66. The van der Waals surface area contributed by atoms with Crippen molar-refractivity contribution in [3.05, 3.63) is 29.3 Å². The van der Waals surface area contributed by atoms with E-state index in [0.717, 1.165) is 6.92 Å². The second-order valence-electron chi connectivity index (χ2n) is 6.44. The van der Waals surface area contributed by atoms with Gasteiger partial charge in [-0.05, 0) is 43.5 Å². The van der Waals surface area contributed by atoms with Gasteiger partial charge in [-0.25, -0.2) is 4.79 Å². The highest BCUT2D eigenvalue weighted by atomic mass is 16.4. The average molecular weight is 336 g/mol. The van der Waals surface area contributed by atoms with E-state index in [0.29, 0.717) is 23.2 Å². The fourth-order valence-electron chi connectivity index (χ4n) is 1.95. The van der Waals surface area contributed by atoms with Crippen LogP contribution in [0.2, 0.25) is 0 Å². The van der Waals surface area contributed by atoms with Crippen molar-refractivity contribution >= 4 is 23.5 Å². The zero-order valence-corrected chi connectivity index (χ0v) is 14.3. The summed E-state index contributed by atoms with van der Waals surface area (Å²) in [5, 5.41) is 23.6. The lowest BCUT2D eigenvalue weighted by molar-refractivity contribution is -0.155. The maximum atomic E-state index is 12.0. The molecule has 0 spiro atoms. The van der Waals surface area contributed by atoms with E-state index >= 15 is 0 Å². The molecule has 0 saturated heterocycles. The molecule has 1 atom stereocenters. The molecule has 24 heavy (non-hydrogen) atoms. The number of benzene rings is 1. The van der Waals surface area contributed by atoms with Crippen LogP contribution in [0, 0.1) is 12.8 Å². The molecule has 7 heteroatoms. The van der Waals surface area contributed by atoms with E-state index in [1.807, 2.05) is 13.8 Å². The minimum absolute atomic E-state index is 0.0946. The van der Waals surface area contributed by atoms with E-state index in [1.165, 1.54) is 6.07 Å². The molecule has 0 aliphatic carbocycles. The Bertz CT molecular complexity index is 638. The SMILES string of the molecule is Cc1cc(C(=O)NCC(C)(O)C(=O)O)ccc1NC(=O)CC(C)C. The van der Waals surface area contributed by atoms with Gasteiger partial charge in [-0.15, -0.1) is 0 Å². The third-order valence-corrected chi connectivity index (χ3v) is 3.41. The summed E-state index contributed by atoms with van der Waals surface area (Å²) < 4.78 is 0. The van der Waals surface area contributed by atoms with Crippen LogP contribution in [0.3, 0.4) is 0 Å². The number of carbonyl (C=O) groups is 3. The molecule has 0 aromatic heterocycles. The molecule has 0 aliphatic heterocycles. The van der Waals surface area contributed by atoms with Gasteiger partial charge < -0.3 is 20.8 Å². The first-order chi connectivity index (χ1) is 11.0. The smallest absolute Gasteiger partial charge is 0.337 e. The summed E-state index contributed by atoms with van der Waals surface area (Å²) in [5.41, 5.74) is -0.384. The Morgan fingerprint density at radius 2 is 1.88 bits per heavy atom. The summed E-state index contributed by atoms with van der Waals surface area (Å²) in [5.74, 6) is -1.76. The van der Waals surface area contributed by atoms with Crippen molar-refractivity contribution in [3.8, 4) is 0 Å². The van der Waals surface area contributed by atoms with Crippen molar-refractivity contribution in [2.24, 2.45) is 5.92 Å². The Hall–Kier alpha value is -2.41. The van der Waals surface area contributed by atoms with Crippen molar-refractivity contribution in [1.82, 2.24) is 5.32 Å². The number of aliphatic carboxylic acids is 1. The topological polar surface area (TPSA) is 116 Å². The maximum absolute atomic E-state index is 12.0. The first kappa shape index (κ1) is 19.6. The van der Waals surface area contributed by atoms with E-state index in [2.05, 4.69) is 10.6 Å². The molecule has 1 aromatic rings. The van der Waals surface area contributed by atoms with E-state index in [4.69, 9.17) is 5.11 Å². The van der Waals surface area contributed by atoms with Gasteiger partial charge in [0.05, 0.1) is 6.54 Å². The van der Waals surface area contributed by atoms with Gasteiger partial charge >= 0.3 is 5.97 Å². The molecule has 4 N–H and O–H groups in total. The highest BCUT2D eigenvalue weighted by molar-refractivity contribution is 5.97. The predicted octanol–water partition coefficient (Wildman–Crippen LogP) is 1.55. The molecule has 0 radical (unpaired) electrons. The number of nitrogens with one attached hydrogen (secondary N) is 2. The molecule has 0 fully saturated rings. The van der Waals surface area contributed by atoms with Gasteiger partial charge in [0.25, 0.3) is 5.91 Å². The number of aliphatic hydroxyl groups is 1. The van der Waals surface area contributed by atoms with Crippen LogP contribution >= 0.6 is 0 Å². The van der Waals surface area contributed by atoms with Gasteiger partial charge in [0, 0.05) is 17.7 Å². The van der Waals surface area contributed by atoms with Crippen LogP contribution in [0.15, 0.2) is 18.2 Å². The fourth-order valence-corrected chi connectivity index (χ4v) is 1.95. The van der Waals surface area contributed by atoms with Gasteiger partial charge in [0.1, 0.15) is 0 Å². The van der Waals surface area contributed by atoms with Crippen molar-refractivity contribution in [2.75, 3.05) is 11.9 Å². The number of amides is 2. The molecule has 132 valence electrons. The molecule has 2 amide bonds. The largest absolute Gasteiger partial charge is 0.479 e. The molecular weight excluding hydrogens is 312 g/mol. The van der Waals surface area contributed by atoms with Crippen molar-refractivity contribution in [3.63, 3.8) is 0 Å². The summed E-state index contributed by atoms with van der Waals surface area (Å²) in [6.45, 7) is 6.36. The van der Waals surface area contributed by atoms with Crippen LogP contribution in [-0.2, 0) is 9.59 Å². The van der Waals surface area contributed by atoms with Crippen molar-refractivity contribution < 1.29 is 24.6 Å². The molecular formula is C17H24N2O5. The van der Waals surface area contributed by atoms with Crippen LogP contribution < -0.4 is 10.6 Å². The van der Waals surface area contributed by atoms with E-state index in [9.17, 15) is 19.5 Å². The van der Waals surface area contributed by atoms with E-state index < -0.39 is 24.0 Å². The van der Waals surface area contributed by atoms with Gasteiger partial charge in [-0.2, -0.15) is 0 Å². The Morgan fingerprint density at radius 1 is 1.25 bits per heavy atom. The van der Waals surface area contributed by atoms with Crippen LogP contribution in [0.4, 0.5) is 5.69 Å². The molecule has 0 heterocycles. The Morgan fingerprint density at radius 3 is 2.38 bits per heavy atom. The molecule has 0 saturated carbocycles. The molecule has 0 bridgehead atoms. The summed E-state index contributed by atoms with van der Waals surface area (Å²) in [7, 11) is 0. The predicted molar refractivity (Wildman–Crippen MR) is 89.9 cm³/mol. The standard InChI is InChI=1S/C17H24N2O5/c1-10(2)7-14(20)19-13-6-5-12(8-11(13)3)15(21)18-9-17(4,24)16(22)23/h5-6,8,10,24H,7,9H2,1-4H3,(H,18,21)(H,19,20)(H,22,23). The van der Waals surface area contributed by atoms with Crippen molar-refractivity contribution in [2.45, 2.75) is 39.7 Å². The normalized spacial score (nSPS) is 13.2. The van der Waals surface area contributed by atoms with Gasteiger partial charge in [-0.1, -0.05) is 13.8 Å². The second kappa shape index (κ2) is 7.92. The van der Waals surface area contributed by atoms with Crippen LogP contribution in [0.25, 0.3) is 0 Å². The Labute approximate surface area is 141 Å². The lowest BCUT2D eigenvalue weighted by Gasteiger charge is -2.18. The molecule has 1 rings (SSSR count).